The third-order valence-corrected chi connectivity index (χ3v) is 5.38. The van der Waals surface area contributed by atoms with Gasteiger partial charge in [-0.05, 0) is 0 Å². The van der Waals surface area contributed by atoms with Crippen molar-refractivity contribution < 1.29 is 78.1 Å². The van der Waals surface area contributed by atoms with Crippen LogP contribution in [-0.2, 0) is 41.3 Å². The highest BCUT2D eigenvalue weighted by Crippen LogP contribution is 2.41. The zero-order valence-electron chi connectivity index (χ0n) is 18.2. The van der Waals surface area contributed by atoms with Crippen molar-refractivity contribution in [3.63, 3.8) is 0 Å². The Bertz CT molecular complexity index is 1290. The summed E-state index contributed by atoms with van der Waals surface area (Å²) in [4.78, 5) is 30.4. The van der Waals surface area contributed by atoms with E-state index in [1.165, 1.54) is 0 Å². The Balaban J connectivity index is 2.03. The molecule has 0 amide bonds. The van der Waals surface area contributed by atoms with Gasteiger partial charge in [0.1, 0.15) is 19.3 Å². The standard InChI is InChI=1S/C20H13F8O9P/c21-8-1-9(22)14(26)6(13(8)25)4-34-18-17(12(3-29)37-38(31,32)33)36-20(30)19(18)35-5-7-15(27)10(23)2-11(24)16(7)28/h1-2,12,17,29H,3-5H2,(H2,31,32,33). The van der Waals surface area contributed by atoms with Crippen molar-refractivity contribution in [2.24, 2.45) is 0 Å². The van der Waals surface area contributed by atoms with Crippen LogP contribution in [-0.4, -0.2) is 39.7 Å². The molecule has 3 rings (SSSR count). The summed E-state index contributed by atoms with van der Waals surface area (Å²) in [6, 6.07) is -0.266. The fourth-order valence-corrected chi connectivity index (χ4v) is 3.66. The molecule has 18 heteroatoms. The van der Waals surface area contributed by atoms with Crippen molar-refractivity contribution in [2.45, 2.75) is 25.4 Å². The molecule has 0 saturated carbocycles. The monoisotopic (exact) mass is 580 g/mol. The van der Waals surface area contributed by atoms with Crippen LogP contribution in [0.3, 0.4) is 0 Å². The van der Waals surface area contributed by atoms with E-state index in [-0.39, 0.29) is 12.1 Å². The molecule has 0 aromatic heterocycles. The van der Waals surface area contributed by atoms with Gasteiger partial charge in [-0.25, -0.2) is 44.5 Å². The van der Waals surface area contributed by atoms with E-state index >= 15 is 0 Å². The summed E-state index contributed by atoms with van der Waals surface area (Å²) in [7, 11) is -5.42. The van der Waals surface area contributed by atoms with Crippen LogP contribution in [0.25, 0.3) is 0 Å². The van der Waals surface area contributed by atoms with Gasteiger partial charge in [-0.15, -0.1) is 0 Å². The second-order valence-electron chi connectivity index (χ2n) is 7.31. The maximum absolute atomic E-state index is 14.0. The number of hydrogen-bond acceptors (Lipinski definition) is 7. The summed E-state index contributed by atoms with van der Waals surface area (Å²) in [6.07, 6.45) is -4.35. The molecule has 0 fully saturated rings. The summed E-state index contributed by atoms with van der Waals surface area (Å²) < 4.78 is 140. The molecule has 9 nitrogen and oxygen atoms in total. The van der Waals surface area contributed by atoms with E-state index in [2.05, 4.69) is 4.52 Å². The Morgan fingerprint density at radius 3 is 1.63 bits per heavy atom. The minimum atomic E-state index is -5.42. The number of carbonyl (C=O) groups excluding carboxylic acids is 1. The molecule has 208 valence electrons. The van der Waals surface area contributed by atoms with Crippen LogP contribution in [0.2, 0.25) is 0 Å². The van der Waals surface area contributed by atoms with Gasteiger partial charge in [0, 0.05) is 12.1 Å². The maximum atomic E-state index is 14.0. The molecular formula is C20H13F8O9P. The van der Waals surface area contributed by atoms with Gasteiger partial charge in [0.25, 0.3) is 0 Å². The predicted molar refractivity (Wildman–Crippen MR) is 103 cm³/mol. The summed E-state index contributed by atoms with van der Waals surface area (Å²) in [5, 5.41) is 9.45. The maximum Gasteiger partial charge on any atom is 0.470 e. The third kappa shape index (κ3) is 6.07. The second-order valence-corrected chi connectivity index (χ2v) is 8.50. The molecule has 2 atom stereocenters. The van der Waals surface area contributed by atoms with E-state index < -0.39 is 115 Å². The van der Waals surface area contributed by atoms with Crippen LogP contribution in [0.4, 0.5) is 35.1 Å². The van der Waals surface area contributed by atoms with Crippen molar-refractivity contribution in [2.75, 3.05) is 6.61 Å². The van der Waals surface area contributed by atoms with Gasteiger partial charge in [0.15, 0.2) is 58.4 Å². The highest BCUT2D eigenvalue weighted by atomic mass is 31.2. The Kier molecular flexibility index (Phi) is 8.68. The molecule has 38 heavy (non-hydrogen) atoms. The second kappa shape index (κ2) is 11.2. The van der Waals surface area contributed by atoms with Gasteiger partial charge in [0.05, 0.1) is 17.7 Å². The van der Waals surface area contributed by atoms with Gasteiger partial charge in [-0.2, -0.15) is 0 Å². The number of phosphoric acid groups is 1. The van der Waals surface area contributed by atoms with Gasteiger partial charge in [-0.3, -0.25) is 4.52 Å². The number of ether oxygens (including phenoxy) is 3. The lowest BCUT2D eigenvalue weighted by molar-refractivity contribution is -0.148. The van der Waals surface area contributed by atoms with Crippen LogP contribution in [0, 0.1) is 46.5 Å². The lowest BCUT2D eigenvalue weighted by atomic mass is 10.1. The summed E-state index contributed by atoms with van der Waals surface area (Å²) in [5.74, 6) is -19.2. The first kappa shape index (κ1) is 29.3. The van der Waals surface area contributed by atoms with Crippen molar-refractivity contribution in [3.8, 4) is 0 Å². The van der Waals surface area contributed by atoms with E-state index in [0.29, 0.717) is 0 Å². The number of carbonyl (C=O) groups is 1. The highest BCUT2D eigenvalue weighted by molar-refractivity contribution is 7.46. The Morgan fingerprint density at radius 2 is 1.24 bits per heavy atom. The Morgan fingerprint density at radius 1 is 0.816 bits per heavy atom. The minimum Gasteiger partial charge on any atom is -0.485 e. The Hall–Kier alpha value is -3.24. The van der Waals surface area contributed by atoms with Gasteiger partial charge in [0.2, 0.25) is 5.76 Å². The number of phosphoric ester groups is 1. The van der Waals surface area contributed by atoms with E-state index in [9.17, 15) is 49.6 Å². The Labute approximate surface area is 206 Å². The fourth-order valence-electron chi connectivity index (χ4n) is 3.13. The number of esters is 1. The number of aliphatic hydroxyl groups is 1. The molecule has 2 aromatic carbocycles. The number of cyclic esters (lactones) is 1. The summed E-state index contributed by atoms with van der Waals surface area (Å²) >= 11 is 0. The quantitative estimate of drug-likeness (QED) is 0.168. The zero-order valence-corrected chi connectivity index (χ0v) is 19.1. The molecule has 2 unspecified atom stereocenters. The van der Waals surface area contributed by atoms with E-state index in [0.717, 1.165) is 0 Å². The molecule has 0 bridgehead atoms. The molecule has 0 aliphatic carbocycles. The molecule has 0 spiro atoms. The highest BCUT2D eigenvalue weighted by Gasteiger charge is 2.45. The molecule has 2 aromatic rings. The van der Waals surface area contributed by atoms with Crippen LogP contribution < -0.4 is 0 Å². The minimum absolute atomic E-state index is 0.131. The first-order chi connectivity index (χ1) is 17.7. The average Bonchev–Trinajstić information content (AvgIpc) is 3.14. The third-order valence-electron chi connectivity index (χ3n) is 4.83. The van der Waals surface area contributed by atoms with Crippen LogP contribution in [0.1, 0.15) is 11.1 Å². The topological polar surface area (TPSA) is 132 Å². The SMILES string of the molecule is O=C1OC(C(CO)OP(=O)(O)O)C(OCc2c(F)c(F)cc(F)c2F)=C1OCc1c(F)c(F)cc(F)c1F. The van der Waals surface area contributed by atoms with Gasteiger partial charge < -0.3 is 29.1 Å². The summed E-state index contributed by atoms with van der Waals surface area (Å²) in [5.41, 5.74) is -2.78. The van der Waals surface area contributed by atoms with E-state index in [1.807, 2.05) is 0 Å². The zero-order chi connectivity index (χ0) is 28.5. The van der Waals surface area contributed by atoms with Crippen LogP contribution >= 0.6 is 7.82 Å². The van der Waals surface area contributed by atoms with Crippen molar-refractivity contribution >= 4 is 13.8 Å². The first-order valence-corrected chi connectivity index (χ1v) is 11.4. The van der Waals surface area contributed by atoms with Gasteiger partial charge in [-0.1, -0.05) is 0 Å². The van der Waals surface area contributed by atoms with Crippen LogP contribution in [0.15, 0.2) is 23.7 Å². The molecule has 0 radical (unpaired) electrons. The lowest BCUT2D eigenvalue weighted by Crippen LogP contribution is -2.34. The van der Waals surface area contributed by atoms with Crippen molar-refractivity contribution in [3.05, 3.63) is 81.3 Å². The average molecular weight is 580 g/mol. The number of benzene rings is 2. The largest absolute Gasteiger partial charge is 0.485 e. The summed E-state index contributed by atoms with van der Waals surface area (Å²) in [6.45, 7) is -4.22. The molecule has 3 N–H and O–H groups in total. The lowest BCUT2D eigenvalue weighted by Gasteiger charge is -2.23. The van der Waals surface area contributed by atoms with Gasteiger partial charge >= 0.3 is 13.8 Å². The molecule has 1 aliphatic heterocycles. The molecule has 0 saturated heterocycles. The molecular weight excluding hydrogens is 567 g/mol. The number of hydrogen-bond donors (Lipinski definition) is 3. The predicted octanol–water partition coefficient (Wildman–Crippen LogP) is 3.14. The molecule has 1 aliphatic rings. The van der Waals surface area contributed by atoms with Crippen LogP contribution in [0.5, 0.6) is 0 Å². The first-order valence-electron chi connectivity index (χ1n) is 9.85. The van der Waals surface area contributed by atoms with Crippen molar-refractivity contribution in [1.29, 1.82) is 0 Å². The number of halogens is 8. The fraction of sp³-hybridized carbons (Fsp3) is 0.250. The molecule has 1 heterocycles. The number of aliphatic hydroxyl groups excluding tert-OH is 1. The number of rotatable bonds is 10. The normalized spacial score (nSPS) is 16.6. The van der Waals surface area contributed by atoms with Crippen molar-refractivity contribution in [1.82, 2.24) is 0 Å². The van der Waals surface area contributed by atoms with E-state index in [4.69, 9.17) is 24.0 Å². The smallest absolute Gasteiger partial charge is 0.470 e. The van der Waals surface area contributed by atoms with E-state index in [1.54, 1.807) is 0 Å².